The standard InChI is InChI=1S/C10H13IN2O/c1-8-2-3-9(6-12-8)14-10-4-5-13(11)7-10/h2-3,6,10H,4-5,7H2,1H3/t10-/m0/s1. The van der Waals surface area contributed by atoms with Crippen LogP contribution in [-0.4, -0.2) is 27.3 Å². The first-order valence-electron chi connectivity index (χ1n) is 4.74. The van der Waals surface area contributed by atoms with Gasteiger partial charge in [0.2, 0.25) is 0 Å². The van der Waals surface area contributed by atoms with Gasteiger partial charge in [-0.15, -0.1) is 0 Å². The molecule has 1 aliphatic heterocycles. The lowest BCUT2D eigenvalue weighted by atomic mass is 10.3. The molecular weight excluding hydrogens is 291 g/mol. The van der Waals surface area contributed by atoms with Gasteiger partial charge in [0.25, 0.3) is 0 Å². The van der Waals surface area contributed by atoms with Gasteiger partial charge in [-0.05, 0) is 25.5 Å². The molecule has 76 valence electrons. The first-order valence-corrected chi connectivity index (χ1v) is 5.70. The molecule has 0 aromatic carbocycles. The Morgan fingerprint density at radius 3 is 3.00 bits per heavy atom. The monoisotopic (exact) mass is 304 g/mol. The van der Waals surface area contributed by atoms with E-state index in [1.807, 2.05) is 19.1 Å². The van der Waals surface area contributed by atoms with E-state index in [4.69, 9.17) is 4.74 Å². The van der Waals surface area contributed by atoms with Crippen LogP contribution in [-0.2, 0) is 0 Å². The maximum Gasteiger partial charge on any atom is 0.138 e. The van der Waals surface area contributed by atoms with Crippen molar-refractivity contribution in [2.75, 3.05) is 13.1 Å². The highest BCUT2D eigenvalue weighted by atomic mass is 127. The Bertz CT molecular complexity index is 301. The molecule has 4 heteroatoms. The fourth-order valence-corrected chi connectivity index (χ4v) is 2.22. The average Bonchev–Trinajstić information content (AvgIpc) is 2.56. The van der Waals surface area contributed by atoms with Crippen molar-refractivity contribution in [2.24, 2.45) is 0 Å². The molecule has 2 heterocycles. The van der Waals surface area contributed by atoms with E-state index in [0.717, 1.165) is 31.0 Å². The molecule has 1 saturated heterocycles. The predicted octanol–water partition coefficient (Wildman–Crippen LogP) is 2.19. The van der Waals surface area contributed by atoms with Crippen LogP contribution in [0.2, 0.25) is 0 Å². The van der Waals surface area contributed by atoms with Crippen molar-refractivity contribution >= 4 is 22.9 Å². The van der Waals surface area contributed by atoms with Crippen LogP contribution >= 0.6 is 22.9 Å². The summed E-state index contributed by atoms with van der Waals surface area (Å²) < 4.78 is 8.05. The summed E-state index contributed by atoms with van der Waals surface area (Å²) in [6.07, 6.45) is 3.23. The summed E-state index contributed by atoms with van der Waals surface area (Å²) in [7, 11) is 0. The normalized spacial score (nSPS) is 22.6. The Hall–Kier alpha value is -0.360. The van der Waals surface area contributed by atoms with Crippen LogP contribution in [0.15, 0.2) is 18.3 Å². The highest BCUT2D eigenvalue weighted by Crippen LogP contribution is 2.19. The number of aryl methyl sites for hydroxylation is 1. The molecule has 0 radical (unpaired) electrons. The molecular formula is C10H13IN2O. The van der Waals surface area contributed by atoms with Crippen molar-refractivity contribution in [3.05, 3.63) is 24.0 Å². The summed E-state index contributed by atoms with van der Waals surface area (Å²) in [5, 5.41) is 0. The van der Waals surface area contributed by atoms with Gasteiger partial charge in [-0.2, -0.15) is 0 Å². The molecule has 2 rings (SSSR count). The summed E-state index contributed by atoms with van der Waals surface area (Å²) in [4.78, 5) is 4.20. The molecule has 0 bridgehead atoms. The third-order valence-corrected chi connectivity index (χ3v) is 3.16. The van der Waals surface area contributed by atoms with Gasteiger partial charge in [-0.3, -0.25) is 4.98 Å². The maximum absolute atomic E-state index is 5.79. The van der Waals surface area contributed by atoms with E-state index < -0.39 is 0 Å². The first kappa shape index (κ1) is 10.2. The zero-order chi connectivity index (χ0) is 9.97. The highest BCUT2D eigenvalue weighted by Gasteiger charge is 2.21. The maximum atomic E-state index is 5.79. The van der Waals surface area contributed by atoms with Crippen LogP contribution in [0.3, 0.4) is 0 Å². The van der Waals surface area contributed by atoms with Crippen LogP contribution in [0.4, 0.5) is 0 Å². The van der Waals surface area contributed by atoms with Gasteiger partial charge in [-0.25, -0.2) is 3.11 Å². The Morgan fingerprint density at radius 1 is 1.57 bits per heavy atom. The van der Waals surface area contributed by atoms with Crippen molar-refractivity contribution < 1.29 is 4.74 Å². The second kappa shape index (κ2) is 4.44. The third-order valence-electron chi connectivity index (χ3n) is 2.28. The van der Waals surface area contributed by atoms with Crippen molar-refractivity contribution in [1.82, 2.24) is 8.10 Å². The van der Waals surface area contributed by atoms with E-state index in [2.05, 4.69) is 31.0 Å². The minimum absolute atomic E-state index is 0.330. The van der Waals surface area contributed by atoms with E-state index in [0.29, 0.717) is 6.10 Å². The van der Waals surface area contributed by atoms with Gasteiger partial charge < -0.3 is 4.74 Å². The van der Waals surface area contributed by atoms with Gasteiger partial charge in [-0.1, -0.05) is 0 Å². The molecule has 1 atom stereocenters. The summed E-state index contributed by atoms with van der Waals surface area (Å²) in [6, 6.07) is 3.96. The van der Waals surface area contributed by atoms with Crippen LogP contribution in [0.5, 0.6) is 5.75 Å². The van der Waals surface area contributed by atoms with Gasteiger partial charge >= 0.3 is 0 Å². The van der Waals surface area contributed by atoms with Gasteiger partial charge in [0.1, 0.15) is 11.9 Å². The minimum Gasteiger partial charge on any atom is -0.487 e. The molecule has 3 nitrogen and oxygen atoms in total. The second-order valence-corrected chi connectivity index (χ2v) is 4.90. The van der Waals surface area contributed by atoms with E-state index in [1.54, 1.807) is 6.20 Å². The SMILES string of the molecule is Cc1ccc(O[C@H]2CCN(I)C2)cn1. The lowest BCUT2D eigenvalue weighted by molar-refractivity contribution is 0.217. The zero-order valence-corrected chi connectivity index (χ0v) is 10.3. The smallest absolute Gasteiger partial charge is 0.138 e. The Labute approximate surface area is 98.0 Å². The third kappa shape index (κ3) is 2.57. The molecule has 0 unspecified atom stereocenters. The summed E-state index contributed by atoms with van der Waals surface area (Å²) in [5.41, 5.74) is 1.03. The van der Waals surface area contributed by atoms with Gasteiger partial charge in [0.15, 0.2) is 0 Å². The van der Waals surface area contributed by atoms with Crippen molar-refractivity contribution in [2.45, 2.75) is 19.4 Å². The molecule has 14 heavy (non-hydrogen) atoms. The number of pyridine rings is 1. The van der Waals surface area contributed by atoms with Crippen LogP contribution in [0.25, 0.3) is 0 Å². The number of ether oxygens (including phenoxy) is 1. The number of nitrogens with zero attached hydrogens (tertiary/aromatic N) is 2. The summed E-state index contributed by atoms with van der Waals surface area (Å²) in [6.45, 7) is 4.10. The van der Waals surface area contributed by atoms with E-state index in [-0.39, 0.29) is 0 Å². The van der Waals surface area contributed by atoms with Gasteiger partial charge in [0.05, 0.1) is 6.20 Å². The predicted molar refractivity (Wildman–Crippen MR) is 63.6 cm³/mol. The summed E-state index contributed by atoms with van der Waals surface area (Å²) >= 11 is 2.33. The topological polar surface area (TPSA) is 25.4 Å². The molecule has 0 saturated carbocycles. The molecule has 1 fully saturated rings. The average molecular weight is 304 g/mol. The fourth-order valence-electron chi connectivity index (χ4n) is 1.50. The second-order valence-electron chi connectivity index (χ2n) is 3.53. The Balaban J connectivity index is 1.94. The number of rotatable bonds is 2. The number of halogens is 1. The fraction of sp³-hybridized carbons (Fsp3) is 0.500. The summed E-state index contributed by atoms with van der Waals surface area (Å²) in [5.74, 6) is 0.882. The lowest BCUT2D eigenvalue weighted by Crippen LogP contribution is -2.18. The quantitative estimate of drug-likeness (QED) is 0.619. The van der Waals surface area contributed by atoms with Crippen molar-refractivity contribution in [1.29, 1.82) is 0 Å². The number of aromatic nitrogens is 1. The van der Waals surface area contributed by atoms with Crippen LogP contribution in [0.1, 0.15) is 12.1 Å². The Morgan fingerprint density at radius 2 is 2.43 bits per heavy atom. The van der Waals surface area contributed by atoms with E-state index in [9.17, 15) is 0 Å². The van der Waals surface area contributed by atoms with Crippen molar-refractivity contribution in [3.63, 3.8) is 0 Å². The molecule has 1 aromatic heterocycles. The number of hydrogen-bond acceptors (Lipinski definition) is 3. The van der Waals surface area contributed by atoms with E-state index >= 15 is 0 Å². The number of hydrogen-bond donors (Lipinski definition) is 0. The van der Waals surface area contributed by atoms with Gasteiger partial charge in [0, 0.05) is 41.6 Å². The molecule has 1 aliphatic rings. The minimum atomic E-state index is 0.330. The van der Waals surface area contributed by atoms with E-state index in [1.165, 1.54) is 0 Å². The highest BCUT2D eigenvalue weighted by molar-refractivity contribution is 14.1. The first-order chi connectivity index (χ1) is 6.74. The molecule has 0 spiro atoms. The van der Waals surface area contributed by atoms with Crippen LogP contribution in [0, 0.1) is 6.92 Å². The van der Waals surface area contributed by atoms with Crippen molar-refractivity contribution in [3.8, 4) is 5.75 Å². The molecule has 0 aliphatic carbocycles. The lowest BCUT2D eigenvalue weighted by Gasteiger charge is -2.12. The molecule has 0 amide bonds. The zero-order valence-electron chi connectivity index (χ0n) is 8.11. The molecule has 1 aromatic rings. The largest absolute Gasteiger partial charge is 0.487 e. The van der Waals surface area contributed by atoms with Crippen LogP contribution < -0.4 is 4.74 Å². The molecule has 0 N–H and O–H groups in total. The Kier molecular flexibility index (Phi) is 3.22.